The van der Waals surface area contributed by atoms with Gasteiger partial charge in [-0.2, -0.15) is 0 Å². The second kappa shape index (κ2) is 20.5. The van der Waals surface area contributed by atoms with Crippen LogP contribution in [0.25, 0.3) is 0 Å². The Bertz CT molecular complexity index is 715. The van der Waals surface area contributed by atoms with Crippen LogP contribution in [-0.4, -0.2) is 116 Å². The number of hydrogen-bond acceptors (Lipinski definition) is 9. The maximum atomic E-state index is 12.4. The number of carbonyl (C=O) groups is 2. The monoisotopic (exact) mass is 573 g/mol. The normalized spacial score (nSPS) is 16.4. The molecule has 10 nitrogen and oxygen atoms in total. The van der Waals surface area contributed by atoms with Gasteiger partial charge in [0.25, 0.3) is 0 Å². The van der Waals surface area contributed by atoms with Gasteiger partial charge in [0.05, 0.1) is 105 Å². The number of likely N-dealkylation sites (tertiary alicyclic amines) is 1. The third-order valence-electron chi connectivity index (χ3n) is 6.59. The van der Waals surface area contributed by atoms with Crippen LogP contribution < -0.4 is 0 Å². The molecule has 1 rings (SSSR count). The Hall–Kier alpha value is -1.40. The van der Waals surface area contributed by atoms with Gasteiger partial charge in [0.2, 0.25) is 11.8 Å². The van der Waals surface area contributed by atoms with E-state index in [0.29, 0.717) is 92.5 Å². The van der Waals surface area contributed by atoms with Crippen molar-refractivity contribution in [3.63, 3.8) is 0 Å². The van der Waals surface area contributed by atoms with E-state index in [0.717, 1.165) is 6.42 Å². The summed E-state index contributed by atoms with van der Waals surface area (Å²) in [6.07, 6.45) is 1.16. The molecule has 0 N–H and O–H groups in total. The van der Waals surface area contributed by atoms with Crippen molar-refractivity contribution in [2.45, 2.75) is 54.4 Å². The summed E-state index contributed by atoms with van der Waals surface area (Å²) in [5.41, 5.74) is 1.11. The Morgan fingerprint density at radius 2 is 1.00 bits per heavy atom. The molecule has 0 aromatic carbocycles. The fraction of sp³-hybridized carbons (Fsp3) is 0.867. The molecule has 0 aliphatic carbocycles. The molecule has 1 unspecified atom stereocenters. The van der Waals surface area contributed by atoms with Crippen LogP contribution in [0.2, 0.25) is 0 Å². The molecule has 1 fully saturated rings. The molecule has 1 aliphatic rings. The first-order valence-corrected chi connectivity index (χ1v) is 14.5. The second-order valence-electron chi connectivity index (χ2n) is 11.9. The van der Waals surface area contributed by atoms with Crippen LogP contribution >= 0.6 is 0 Å². The van der Waals surface area contributed by atoms with E-state index >= 15 is 0 Å². The SMILES string of the molecule is C=C(CCOCCOCCOCCOCCOCCOCCOCCN1C(=O)CC(C(C)(C)C)C1=O)C(C)(C)C. The first kappa shape index (κ1) is 36.6. The number of ether oxygens (including phenoxy) is 7. The lowest BCUT2D eigenvalue weighted by molar-refractivity contribution is -0.141. The van der Waals surface area contributed by atoms with Gasteiger partial charge in [-0.25, -0.2) is 0 Å². The molecule has 0 aromatic rings. The zero-order valence-corrected chi connectivity index (χ0v) is 25.9. The summed E-state index contributed by atoms with van der Waals surface area (Å²) in [5, 5.41) is 0. The van der Waals surface area contributed by atoms with Gasteiger partial charge in [-0.05, 0) is 17.3 Å². The molecule has 1 saturated heterocycles. The molecule has 234 valence electrons. The molecule has 1 atom stereocenters. The first-order valence-electron chi connectivity index (χ1n) is 14.5. The zero-order valence-electron chi connectivity index (χ0n) is 25.9. The fourth-order valence-corrected chi connectivity index (χ4v) is 3.74. The quantitative estimate of drug-likeness (QED) is 0.0975. The van der Waals surface area contributed by atoms with Gasteiger partial charge < -0.3 is 33.2 Å². The van der Waals surface area contributed by atoms with Gasteiger partial charge >= 0.3 is 0 Å². The topological polar surface area (TPSA) is 102 Å². The van der Waals surface area contributed by atoms with Crippen LogP contribution in [0.1, 0.15) is 54.4 Å². The molecular formula is C30H55NO9. The number of carbonyl (C=O) groups excluding carboxylic acids is 2. The van der Waals surface area contributed by atoms with Crippen molar-refractivity contribution >= 4 is 11.8 Å². The van der Waals surface area contributed by atoms with Gasteiger partial charge in [-0.1, -0.05) is 53.7 Å². The molecule has 0 radical (unpaired) electrons. The predicted molar refractivity (Wildman–Crippen MR) is 153 cm³/mol. The zero-order chi connectivity index (χ0) is 29.9. The molecule has 1 aliphatic heterocycles. The molecule has 10 heteroatoms. The molecule has 0 saturated carbocycles. The second-order valence-corrected chi connectivity index (χ2v) is 11.9. The fourth-order valence-electron chi connectivity index (χ4n) is 3.74. The van der Waals surface area contributed by atoms with Gasteiger partial charge in [0.1, 0.15) is 0 Å². The van der Waals surface area contributed by atoms with E-state index in [4.69, 9.17) is 33.2 Å². The van der Waals surface area contributed by atoms with Crippen LogP contribution in [0, 0.1) is 16.7 Å². The third-order valence-corrected chi connectivity index (χ3v) is 6.59. The minimum atomic E-state index is -0.251. The highest BCUT2D eigenvalue weighted by Crippen LogP contribution is 2.35. The predicted octanol–water partition coefficient (Wildman–Crippen LogP) is 3.52. The molecule has 0 aromatic heterocycles. The van der Waals surface area contributed by atoms with Crippen LogP contribution in [0.3, 0.4) is 0 Å². The van der Waals surface area contributed by atoms with Crippen molar-refractivity contribution in [1.29, 1.82) is 0 Å². The molecular weight excluding hydrogens is 518 g/mol. The van der Waals surface area contributed by atoms with Crippen LogP contribution in [-0.2, 0) is 42.7 Å². The highest BCUT2D eigenvalue weighted by atomic mass is 16.6. The summed E-state index contributed by atoms with van der Waals surface area (Å²) in [5.74, 6) is -0.461. The Morgan fingerprint density at radius 1 is 0.650 bits per heavy atom. The van der Waals surface area contributed by atoms with Gasteiger partial charge in [0.15, 0.2) is 0 Å². The summed E-state index contributed by atoms with van der Waals surface area (Å²) < 4.78 is 38.5. The van der Waals surface area contributed by atoms with Crippen LogP contribution in [0.5, 0.6) is 0 Å². The molecule has 1 heterocycles. The highest BCUT2D eigenvalue weighted by Gasteiger charge is 2.44. The standard InChI is InChI=1S/C30H55NO9/c1-25(29(2,3)4)8-10-34-12-14-36-16-18-38-20-22-40-23-21-39-19-17-37-15-13-35-11-9-31-27(32)24-26(28(31)33)30(5,6)7/h26H,1,8-24H2,2-7H3. The Morgan fingerprint density at radius 3 is 1.32 bits per heavy atom. The maximum Gasteiger partial charge on any atom is 0.233 e. The van der Waals surface area contributed by atoms with Crippen molar-refractivity contribution in [2.24, 2.45) is 16.7 Å². The van der Waals surface area contributed by atoms with Crippen molar-refractivity contribution in [3.8, 4) is 0 Å². The van der Waals surface area contributed by atoms with E-state index in [1.54, 1.807) is 0 Å². The lowest BCUT2D eigenvalue weighted by Crippen LogP contribution is -2.36. The summed E-state index contributed by atoms with van der Waals surface area (Å²) in [6.45, 7) is 23.7. The summed E-state index contributed by atoms with van der Waals surface area (Å²) in [7, 11) is 0. The van der Waals surface area contributed by atoms with E-state index in [1.165, 1.54) is 10.5 Å². The van der Waals surface area contributed by atoms with E-state index in [2.05, 4.69) is 27.4 Å². The van der Waals surface area contributed by atoms with Crippen molar-refractivity contribution in [2.75, 3.05) is 99.0 Å². The molecule has 0 bridgehead atoms. The van der Waals surface area contributed by atoms with E-state index < -0.39 is 0 Å². The van der Waals surface area contributed by atoms with Gasteiger partial charge in [-0.3, -0.25) is 14.5 Å². The van der Waals surface area contributed by atoms with Crippen LogP contribution in [0.15, 0.2) is 12.2 Å². The average molecular weight is 574 g/mol. The number of imide groups is 1. The number of amides is 2. The highest BCUT2D eigenvalue weighted by molar-refractivity contribution is 6.03. The summed E-state index contributed by atoms with van der Waals surface area (Å²) in [6, 6.07) is 0. The minimum absolute atomic E-state index is 0.0946. The van der Waals surface area contributed by atoms with E-state index in [9.17, 15) is 9.59 Å². The lowest BCUT2D eigenvalue weighted by Gasteiger charge is -2.24. The van der Waals surface area contributed by atoms with Crippen molar-refractivity contribution < 1.29 is 42.7 Å². The maximum absolute atomic E-state index is 12.4. The molecule has 40 heavy (non-hydrogen) atoms. The summed E-state index contributed by atoms with van der Waals surface area (Å²) >= 11 is 0. The van der Waals surface area contributed by atoms with Crippen molar-refractivity contribution in [1.82, 2.24) is 4.90 Å². The lowest BCUT2D eigenvalue weighted by atomic mass is 9.80. The number of hydrogen-bond donors (Lipinski definition) is 0. The average Bonchev–Trinajstić information content (AvgIpc) is 3.17. The third kappa shape index (κ3) is 16.8. The Labute approximate surface area is 242 Å². The molecule has 0 spiro atoms. The van der Waals surface area contributed by atoms with Crippen LogP contribution in [0.4, 0.5) is 0 Å². The van der Waals surface area contributed by atoms with E-state index in [-0.39, 0.29) is 41.5 Å². The van der Waals surface area contributed by atoms with Gasteiger partial charge in [-0.15, -0.1) is 0 Å². The first-order chi connectivity index (χ1) is 18.9. The number of rotatable bonds is 24. The number of nitrogens with zero attached hydrogens (tertiary/aromatic N) is 1. The molecule has 2 amide bonds. The largest absolute Gasteiger partial charge is 0.379 e. The minimum Gasteiger partial charge on any atom is -0.379 e. The summed E-state index contributed by atoms with van der Waals surface area (Å²) in [4.78, 5) is 25.9. The van der Waals surface area contributed by atoms with E-state index in [1.807, 2.05) is 20.8 Å². The van der Waals surface area contributed by atoms with Crippen molar-refractivity contribution in [3.05, 3.63) is 12.2 Å². The van der Waals surface area contributed by atoms with Gasteiger partial charge in [0, 0.05) is 6.42 Å². The Kier molecular flexibility index (Phi) is 18.7. The Balaban J connectivity index is 1.77. The smallest absolute Gasteiger partial charge is 0.233 e.